The summed E-state index contributed by atoms with van der Waals surface area (Å²) >= 11 is 0. The molecule has 4 aromatic rings. The molecular formula is C23H20N6O4. The van der Waals surface area contributed by atoms with E-state index in [2.05, 4.69) is 25.3 Å². The van der Waals surface area contributed by atoms with Crippen LogP contribution >= 0.6 is 0 Å². The van der Waals surface area contributed by atoms with E-state index >= 15 is 0 Å². The summed E-state index contributed by atoms with van der Waals surface area (Å²) in [6.07, 6.45) is 6.83. The SMILES string of the molecule is Cc1cnc(NC(=O)c2cc(Oc3cnc(C(=O)N4CCC4)cn3)c3cc(C)oc3c2)cn1. The number of ether oxygens (including phenoxy) is 1. The molecule has 0 saturated carbocycles. The maximum Gasteiger partial charge on any atom is 0.274 e. The van der Waals surface area contributed by atoms with Crippen molar-refractivity contribution in [1.29, 1.82) is 0 Å². The molecule has 0 radical (unpaired) electrons. The highest BCUT2D eigenvalue weighted by molar-refractivity contribution is 6.06. The van der Waals surface area contributed by atoms with Gasteiger partial charge in [0.15, 0.2) is 5.82 Å². The van der Waals surface area contributed by atoms with Crippen molar-refractivity contribution in [2.45, 2.75) is 20.3 Å². The third-order valence-electron chi connectivity index (χ3n) is 5.21. The highest BCUT2D eigenvalue weighted by atomic mass is 16.5. The lowest BCUT2D eigenvalue weighted by molar-refractivity contribution is 0.0645. The van der Waals surface area contributed by atoms with Crippen LogP contribution in [-0.2, 0) is 0 Å². The van der Waals surface area contributed by atoms with Gasteiger partial charge in [0.2, 0.25) is 5.88 Å². The van der Waals surface area contributed by atoms with E-state index in [1.807, 2.05) is 13.0 Å². The largest absolute Gasteiger partial charge is 0.461 e. The zero-order valence-electron chi connectivity index (χ0n) is 18.0. The number of carbonyl (C=O) groups excluding carboxylic acids is 2. The fourth-order valence-electron chi connectivity index (χ4n) is 3.37. The standard InChI is InChI=1S/C23H20N6O4/c1-13-9-26-20(11-24-13)28-22(30)15-7-18-16(6-14(2)32-18)19(8-15)33-21-12-25-17(10-27-21)23(31)29-4-3-5-29/h6-12H,3-5H2,1-2H3,(H,26,28,30). The third-order valence-corrected chi connectivity index (χ3v) is 5.21. The van der Waals surface area contributed by atoms with E-state index in [9.17, 15) is 9.59 Å². The Kier molecular flexibility index (Phi) is 5.17. The lowest BCUT2D eigenvalue weighted by atomic mass is 10.1. The molecule has 4 heterocycles. The molecule has 3 aromatic heterocycles. The van der Waals surface area contributed by atoms with Gasteiger partial charge in [-0.25, -0.2) is 15.0 Å². The predicted molar refractivity (Wildman–Crippen MR) is 118 cm³/mol. The lowest BCUT2D eigenvalue weighted by Crippen LogP contribution is -2.42. The van der Waals surface area contributed by atoms with E-state index in [-0.39, 0.29) is 17.5 Å². The molecule has 10 heteroatoms. The summed E-state index contributed by atoms with van der Waals surface area (Å²) in [4.78, 5) is 43.5. The van der Waals surface area contributed by atoms with E-state index < -0.39 is 5.91 Å². The van der Waals surface area contributed by atoms with Gasteiger partial charge in [-0.3, -0.25) is 14.6 Å². The molecule has 1 aromatic carbocycles. The van der Waals surface area contributed by atoms with Gasteiger partial charge in [-0.05, 0) is 38.5 Å². The summed E-state index contributed by atoms with van der Waals surface area (Å²) in [5, 5.41) is 3.39. The Morgan fingerprint density at radius 2 is 1.85 bits per heavy atom. The van der Waals surface area contributed by atoms with Crippen molar-refractivity contribution >= 4 is 28.6 Å². The van der Waals surface area contributed by atoms with Gasteiger partial charge in [0.25, 0.3) is 11.8 Å². The number of hydrogen-bond donors (Lipinski definition) is 1. The molecule has 5 rings (SSSR count). The lowest BCUT2D eigenvalue weighted by Gasteiger charge is -2.30. The molecular weight excluding hydrogens is 424 g/mol. The minimum Gasteiger partial charge on any atom is -0.461 e. The maximum absolute atomic E-state index is 12.8. The number of benzene rings is 1. The summed E-state index contributed by atoms with van der Waals surface area (Å²) in [5.41, 5.74) is 1.81. The van der Waals surface area contributed by atoms with Gasteiger partial charge >= 0.3 is 0 Å². The second-order valence-electron chi connectivity index (χ2n) is 7.73. The quantitative estimate of drug-likeness (QED) is 0.496. The summed E-state index contributed by atoms with van der Waals surface area (Å²) < 4.78 is 11.7. The summed E-state index contributed by atoms with van der Waals surface area (Å²) in [6.45, 7) is 5.09. The van der Waals surface area contributed by atoms with Crippen LogP contribution in [0.3, 0.4) is 0 Å². The maximum atomic E-state index is 12.8. The molecule has 0 aliphatic carbocycles. The zero-order valence-corrected chi connectivity index (χ0v) is 18.0. The molecule has 1 N–H and O–H groups in total. The van der Waals surface area contributed by atoms with E-state index in [0.29, 0.717) is 33.9 Å². The van der Waals surface area contributed by atoms with Crippen LogP contribution in [0.15, 0.2) is 47.4 Å². The van der Waals surface area contributed by atoms with Crippen molar-refractivity contribution in [2.24, 2.45) is 0 Å². The smallest absolute Gasteiger partial charge is 0.274 e. The molecule has 1 aliphatic heterocycles. The number of aryl methyl sites for hydroxylation is 2. The van der Waals surface area contributed by atoms with Crippen LogP contribution in [0.4, 0.5) is 5.82 Å². The highest BCUT2D eigenvalue weighted by Gasteiger charge is 2.23. The monoisotopic (exact) mass is 444 g/mol. The van der Waals surface area contributed by atoms with Crippen LogP contribution in [0, 0.1) is 13.8 Å². The molecule has 0 bridgehead atoms. The molecule has 0 spiro atoms. The highest BCUT2D eigenvalue weighted by Crippen LogP contribution is 2.33. The first-order chi connectivity index (χ1) is 16.0. The van der Waals surface area contributed by atoms with E-state index in [1.54, 1.807) is 30.2 Å². The number of aromatic nitrogens is 4. The van der Waals surface area contributed by atoms with Gasteiger partial charge in [-0.2, -0.15) is 0 Å². The molecule has 1 saturated heterocycles. The van der Waals surface area contributed by atoms with Crippen molar-refractivity contribution < 1.29 is 18.7 Å². The summed E-state index contributed by atoms with van der Waals surface area (Å²) in [6, 6.07) is 5.04. The van der Waals surface area contributed by atoms with E-state index in [0.717, 1.165) is 25.2 Å². The minimum atomic E-state index is -0.393. The van der Waals surface area contributed by atoms with E-state index in [1.165, 1.54) is 18.6 Å². The van der Waals surface area contributed by atoms with Crippen molar-refractivity contribution in [2.75, 3.05) is 18.4 Å². The number of nitrogens with one attached hydrogen (secondary N) is 1. The normalized spacial score (nSPS) is 13.0. The topological polar surface area (TPSA) is 123 Å². The number of likely N-dealkylation sites (tertiary alicyclic amines) is 1. The molecule has 33 heavy (non-hydrogen) atoms. The molecule has 0 atom stereocenters. The van der Waals surface area contributed by atoms with Gasteiger partial charge in [-0.1, -0.05) is 0 Å². The molecule has 0 unspecified atom stereocenters. The predicted octanol–water partition coefficient (Wildman–Crippen LogP) is 3.52. The van der Waals surface area contributed by atoms with Crippen LogP contribution < -0.4 is 10.1 Å². The van der Waals surface area contributed by atoms with Crippen molar-refractivity contribution in [3.63, 3.8) is 0 Å². The number of amides is 2. The van der Waals surface area contributed by atoms with Crippen LogP contribution in [0.25, 0.3) is 11.0 Å². The van der Waals surface area contributed by atoms with Crippen molar-refractivity contribution in [3.8, 4) is 11.6 Å². The number of rotatable bonds is 5. The van der Waals surface area contributed by atoms with Gasteiger partial charge in [0.1, 0.15) is 22.8 Å². The van der Waals surface area contributed by atoms with Crippen LogP contribution in [-0.4, -0.2) is 49.7 Å². The fourth-order valence-corrected chi connectivity index (χ4v) is 3.37. The molecule has 166 valence electrons. The summed E-state index contributed by atoms with van der Waals surface area (Å²) in [5.74, 6) is 1.02. The number of hydrogen-bond acceptors (Lipinski definition) is 8. The zero-order chi connectivity index (χ0) is 22.9. The Morgan fingerprint density at radius 1 is 1.00 bits per heavy atom. The Bertz CT molecular complexity index is 1340. The van der Waals surface area contributed by atoms with E-state index in [4.69, 9.17) is 9.15 Å². The average molecular weight is 444 g/mol. The van der Waals surface area contributed by atoms with Gasteiger partial charge in [0, 0.05) is 18.7 Å². The fraction of sp³-hybridized carbons (Fsp3) is 0.217. The Labute approximate surface area is 188 Å². The van der Waals surface area contributed by atoms with Crippen molar-refractivity contribution in [1.82, 2.24) is 24.8 Å². The Morgan fingerprint density at radius 3 is 2.52 bits per heavy atom. The Balaban J connectivity index is 1.41. The van der Waals surface area contributed by atoms with Crippen LogP contribution in [0.1, 0.15) is 38.7 Å². The second-order valence-corrected chi connectivity index (χ2v) is 7.73. The first-order valence-electron chi connectivity index (χ1n) is 10.4. The number of anilines is 1. The third kappa shape index (κ3) is 4.22. The van der Waals surface area contributed by atoms with Gasteiger partial charge in [-0.15, -0.1) is 0 Å². The van der Waals surface area contributed by atoms with Gasteiger partial charge < -0.3 is 19.4 Å². The second kappa shape index (κ2) is 8.30. The number of carbonyl (C=O) groups is 2. The first kappa shape index (κ1) is 20.6. The van der Waals surface area contributed by atoms with Gasteiger partial charge in [0.05, 0.1) is 35.9 Å². The minimum absolute atomic E-state index is 0.147. The average Bonchev–Trinajstić information content (AvgIpc) is 3.15. The first-order valence-corrected chi connectivity index (χ1v) is 10.4. The van der Waals surface area contributed by atoms with Crippen molar-refractivity contribution in [3.05, 3.63) is 65.7 Å². The summed E-state index contributed by atoms with van der Waals surface area (Å²) in [7, 11) is 0. The van der Waals surface area contributed by atoms with Crippen LogP contribution in [0.5, 0.6) is 11.6 Å². The number of nitrogens with zero attached hydrogens (tertiary/aromatic N) is 5. The molecule has 2 amide bonds. The molecule has 10 nitrogen and oxygen atoms in total. The molecule has 1 fully saturated rings. The van der Waals surface area contributed by atoms with Crippen LogP contribution in [0.2, 0.25) is 0 Å². The number of fused-ring (bicyclic) bond motifs is 1. The Hall–Kier alpha value is -4.34. The molecule has 1 aliphatic rings. The number of furan rings is 1.